The summed E-state index contributed by atoms with van der Waals surface area (Å²) >= 11 is 0. The Bertz CT molecular complexity index is 481. The van der Waals surface area contributed by atoms with Crippen molar-refractivity contribution < 1.29 is 4.79 Å². The summed E-state index contributed by atoms with van der Waals surface area (Å²) in [6.45, 7) is 5.89. The fraction of sp³-hybridized carbons (Fsp3) is 0.533. The molecule has 20 heavy (non-hydrogen) atoms. The van der Waals surface area contributed by atoms with Crippen molar-refractivity contribution in [2.24, 2.45) is 0 Å². The zero-order valence-corrected chi connectivity index (χ0v) is 12.0. The first kappa shape index (κ1) is 14.5. The molecule has 0 atom stereocenters. The van der Waals surface area contributed by atoms with E-state index in [0.717, 1.165) is 18.5 Å². The smallest absolute Gasteiger partial charge is 0.270 e. The lowest BCUT2D eigenvalue weighted by molar-refractivity contribution is 0.0953. The molecule has 0 aromatic carbocycles. The second-order valence-electron chi connectivity index (χ2n) is 5.20. The van der Waals surface area contributed by atoms with E-state index in [1.807, 2.05) is 6.92 Å². The first-order chi connectivity index (χ1) is 9.69. The molecule has 1 amide bonds. The maximum Gasteiger partial charge on any atom is 0.270 e. The van der Waals surface area contributed by atoms with Crippen LogP contribution in [0.15, 0.2) is 18.7 Å². The minimum absolute atomic E-state index is 0.193. The second kappa shape index (κ2) is 7.03. The third kappa shape index (κ3) is 4.05. The number of aryl methyl sites for hydroxylation is 1. The summed E-state index contributed by atoms with van der Waals surface area (Å²) in [4.78, 5) is 20.6. The van der Waals surface area contributed by atoms with E-state index in [9.17, 15) is 4.79 Å². The molecule has 1 saturated carbocycles. The maximum absolute atomic E-state index is 11.9. The van der Waals surface area contributed by atoms with Gasteiger partial charge >= 0.3 is 0 Å². The number of amides is 1. The summed E-state index contributed by atoms with van der Waals surface area (Å²) in [5.74, 6) is 0.364. The molecule has 0 aliphatic heterocycles. The molecular weight excluding hydrogens is 252 g/mol. The quantitative estimate of drug-likeness (QED) is 0.809. The van der Waals surface area contributed by atoms with Gasteiger partial charge in [-0.1, -0.05) is 25.3 Å². The van der Waals surface area contributed by atoms with Crippen LogP contribution in [0.25, 0.3) is 0 Å². The Morgan fingerprint density at radius 3 is 2.85 bits per heavy atom. The first-order valence-electron chi connectivity index (χ1n) is 7.20. The van der Waals surface area contributed by atoms with Crippen LogP contribution in [0.2, 0.25) is 0 Å². The normalized spacial score (nSPS) is 15.7. The van der Waals surface area contributed by atoms with Gasteiger partial charge in [0.15, 0.2) is 0 Å². The Morgan fingerprint density at radius 1 is 1.40 bits per heavy atom. The number of hydrogen-bond acceptors (Lipinski definition) is 4. The van der Waals surface area contributed by atoms with Gasteiger partial charge < -0.3 is 10.6 Å². The summed E-state index contributed by atoms with van der Waals surface area (Å²) < 4.78 is 0. The van der Waals surface area contributed by atoms with Crippen molar-refractivity contribution in [2.45, 2.75) is 45.1 Å². The van der Waals surface area contributed by atoms with Crippen molar-refractivity contribution in [3.63, 3.8) is 0 Å². The van der Waals surface area contributed by atoms with E-state index in [2.05, 4.69) is 27.2 Å². The second-order valence-corrected chi connectivity index (χ2v) is 5.20. The Labute approximate surface area is 119 Å². The van der Waals surface area contributed by atoms with Crippen LogP contribution in [0.4, 0.5) is 5.95 Å². The standard InChI is InChI=1S/C15H22N4O/c1-3-9-16-14(20)13-10-11(2)17-15(19-13)18-12-7-5-4-6-8-12/h3,10,12H,1,4-9H2,2H3,(H,16,20)(H,17,18,19). The lowest BCUT2D eigenvalue weighted by Gasteiger charge is -2.22. The summed E-state index contributed by atoms with van der Waals surface area (Å²) in [7, 11) is 0. The van der Waals surface area contributed by atoms with Crippen molar-refractivity contribution in [1.82, 2.24) is 15.3 Å². The number of rotatable bonds is 5. The lowest BCUT2D eigenvalue weighted by atomic mass is 9.96. The topological polar surface area (TPSA) is 66.9 Å². The highest BCUT2D eigenvalue weighted by atomic mass is 16.1. The van der Waals surface area contributed by atoms with E-state index in [-0.39, 0.29) is 5.91 Å². The van der Waals surface area contributed by atoms with Gasteiger partial charge in [-0.25, -0.2) is 9.97 Å². The van der Waals surface area contributed by atoms with Crippen LogP contribution in [-0.2, 0) is 0 Å². The van der Waals surface area contributed by atoms with Gasteiger partial charge in [-0.3, -0.25) is 4.79 Å². The molecule has 2 rings (SSSR count). The van der Waals surface area contributed by atoms with Gasteiger partial charge in [0.1, 0.15) is 5.69 Å². The molecular formula is C15H22N4O. The molecule has 0 unspecified atom stereocenters. The monoisotopic (exact) mass is 274 g/mol. The summed E-state index contributed by atoms with van der Waals surface area (Å²) in [6.07, 6.45) is 7.74. The molecule has 1 aliphatic rings. The fourth-order valence-corrected chi connectivity index (χ4v) is 2.43. The predicted octanol–water partition coefficient (Wildman–Crippen LogP) is 2.45. The number of carbonyl (C=O) groups excluding carboxylic acids is 1. The Morgan fingerprint density at radius 2 is 2.15 bits per heavy atom. The lowest BCUT2D eigenvalue weighted by Crippen LogP contribution is -2.27. The van der Waals surface area contributed by atoms with Gasteiger partial charge in [-0.05, 0) is 25.8 Å². The molecule has 5 heteroatoms. The predicted molar refractivity (Wildman–Crippen MR) is 79.8 cm³/mol. The molecule has 0 spiro atoms. The average Bonchev–Trinajstić information content (AvgIpc) is 2.45. The minimum atomic E-state index is -0.193. The first-order valence-corrected chi connectivity index (χ1v) is 7.20. The van der Waals surface area contributed by atoms with E-state index in [1.165, 1.54) is 19.3 Å². The van der Waals surface area contributed by atoms with Crippen molar-refractivity contribution in [3.8, 4) is 0 Å². The van der Waals surface area contributed by atoms with Crippen molar-refractivity contribution in [1.29, 1.82) is 0 Å². The highest BCUT2D eigenvalue weighted by Crippen LogP contribution is 2.20. The van der Waals surface area contributed by atoms with E-state index < -0.39 is 0 Å². The van der Waals surface area contributed by atoms with Gasteiger partial charge in [0, 0.05) is 18.3 Å². The number of anilines is 1. The van der Waals surface area contributed by atoms with Crippen LogP contribution in [0.5, 0.6) is 0 Å². The van der Waals surface area contributed by atoms with Crippen molar-refractivity contribution in [3.05, 3.63) is 30.1 Å². The molecule has 1 aromatic heterocycles. The molecule has 108 valence electrons. The zero-order valence-electron chi connectivity index (χ0n) is 12.0. The average molecular weight is 274 g/mol. The van der Waals surface area contributed by atoms with Gasteiger partial charge in [0.25, 0.3) is 5.91 Å². The number of nitrogens with one attached hydrogen (secondary N) is 2. The Balaban J connectivity index is 2.07. The SMILES string of the molecule is C=CCNC(=O)c1cc(C)nc(NC2CCCCC2)n1. The molecule has 1 aromatic rings. The molecule has 1 fully saturated rings. The fourth-order valence-electron chi connectivity index (χ4n) is 2.43. The summed E-state index contributed by atoms with van der Waals surface area (Å²) in [5.41, 5.74) is 1.19. The highest BCUT2D eigenvalue weighted by Gasteiger charge is 2.16. The number of hydrogen-bond donors (Lipinski definition) is 2. The molecule has 1 aliphatic carbocycles. The Hall–Kier alpha value is -1.91. The highest BCUT2D eigenvalue weighted by molar-refractivity contribution is 5.92. The van der Waals surface area contributed by atoms with Gasteiger partial charge in [-0.15, -0.1) is 6.58 Å². The van der Waals surface area contributed by atoms with Crippen molar-refractivity contribution >= 4 is 11.9 Å². The van der Waals surface area contributed by atoms with Crippen LogP contribution in [0, 0.1) is 6.92 Å². The minimum Gasteiger partial charge on any atom is -0.351 e. The third-order valence-corrected chi connectivity index (χ3v) is 3.43. The number of nitrogens with zero attached hydrogens (tertiary/aromatic N) is 2. The molecule has 1 heterocycles. The molecule has 2 N–H and O–H groups in total. The largest absolute Gasteiger partial charge is 0.351 e. The summed E-state index contributed by atoms with van der Waals surface area (Å²) in [6, 6.07) is 2.12. The van der Waals surface area contributed by atoms with Crippen LogP contribution in [0.3, 0.4) is 0 Å². The van der Waals surface area contributed by atoms with E-state index in [4.69, 9.17) is 0 Å². The van der Waals surface area contributed by atoms with E-state index in [0.29, 0.717) is 24.2 Å². The van der Waals surface area contributed by atoms with Gasteiger partial charge in [0.05, 0.1) is 0 Å². The third-order valence-electron chi connectivity index (χ3n) is 3.43. The van der Waals surface area contributed by atoms with Crippen LogP contribution < -0.4 is 10.6 Å². The van der Waals surface area contributed by atoms with Crippen LogP contribution in [0.1, 0.15) is 48.3 Å². The van der Waals surface area contributed by atoms with E-state index >= 15 is 0 Å². The molecule has 0 radical (unpaired) electrons. The summed E-state index contributed by atoms with van der Waals surface area (Å²) in [5, 5.41) is 6.08. The van der Waals surface area contributed by atoms with Gasteiger partial charge in [0.2, 0.25) is 5.95 Å². The van der Waals surface area contributed by atoms with Gasteiger partial charge in [-0.2, -0.15) is 0 Å². The molecule has 0 saturated heterocycles. The molecule has 0 bridgehead atoms. The van der Waals surface area contributed by atoms with E-state index in [1.54, 1.807) is 12.1 Å². The maximum atomic E-state index is 11.9. The molecule has 5 nitrogen and oxygen atoms in total. The van der Waals surface area contributed by atoms with Crippen LogP contribution >= 0.6 is 0 Å². The van der Waals surface area contributed by atoms with Crippen LogP contribution in [-0.4, -0.2) is 28.5 Å². The Kier molecular flexibility index (Phi) is 5.09. The zero-order chi connectivity index (χ0) is 14.4. The number of aromatic nitrogens is 2. The van der Waals surface area contributed by atoms with Crippen molar-refractivity contribution in [2.75, 3.05) is 11.9 Å². The number of carbonyl (C=O) groups is 1.